The Labute approximate surface area is 126 Å². The van der Waals surface area contributed by atoms with E-state index < -0.39 is 0 Å². The molecule has 0 aliphatic carbocycles. The molecule has 22 heavy (non-hydrogen) atoms. The molecule has 0 unspecified atom stereocenters. The topological polar surface area (TPSA) is 99.4 Å². The number of ether oxygens (including phenoxy) is 2. The normalized spacial score (nSPS) is 17.4. The lowest BCUT2D eigenvalue weighted by Crippen LogP contribution is -2.25. The monoisotopic (exact) mass is 304 g/mol. The quantitative estimate of drug-likeness (QED) is 0.874. The standard InChI is InChI=1S/C14H16N4O4/c1-9-17-18-12(21-9)7-16-13(19)11-3-2-5-15-14(11)22-10-4-6-20-8-10/h2-3,5,10H,4,6-8H2,1H3,(H,16,19)/t10-/m1/s1. The summed E-state index contributed by atoms with van der Waals surface area (Å²) < 4.78 is 16.2. The lowest BCUT2D eigenvalue weighted by Gasteiger charge is -2.13. The highest BCUT2D eigenvalue weighted by atomic mass is 16.5. The molecule has 1 aliphatic rings. The Morgan fingerprint density at radius 1 is 1.50 bits per heavy atom. The molecule has 2 aromatic heterocycles. The molecule has 1 amide bonds. The smallest absolute Gasteiger partial charge is 0.257 e. The minimum atomic E-state index is -0.308. The fourth-order valence-electron chi connectivity index (χ4n) is 2.08. The first-order chi connectivity index (χ1) is 10.7. The average molecular weight is 304 g/mol. The number of nitrogens with one attached hydrogen (secondary N) is 1. The number of hydrogen-bond donors (Lipinski definition) is 1. The number of carbonyl (C=O) groups excluding carboxylic acids is 1. The fraction of sp³-hybridized carbons (Fsp3) is 0.429. The highest BCUT2D eigenvalue weighted by molar-refractivity contribution is 5.96. The maximum absolute atomic E-state index is 12.3. The largest absolute Gasteiger partial charge is 0.471 e. The Morgan fingerprint density at radius 2 is 2.41 bits per heavy atom. The van der Waals surface area contributed by atoms with Gasteiger partial charge in [-0.15, -0.1) is 10.2 Å². The van der Waals surface area contributed by atoms with E-state index in [2.05, 4.69) is 20.5 Å². The zero-order valence-electron chi connectivity index (χ0n) is 12.1. The molecule has 0 radical (unpaired) electrons. The van der Waals surface area contributed by atoms with Gasteiger partial charge in [0, 0.05) is 19.5 Å². The van der Waals surface area contributed by atoms with Crippen LogP contribution in [0, 0.1) is 6.92 Å². The molecule has 1 N–H and O–H groups in total. The molecule has 8 heteroatoms. The van der Waals surface area contributed by atoms with Gasteiger partial charge in [0.1, 0.15) is 11.7 Å². The van der Waals surface area contributed by atoms with Crippen LogP contribution >= 0.6 is 0 Å². The van der Waals surface area contributed by atoms with Gasteiger partial charge < -0.3 is 19.2 Å². The maximum Gasteiger partial charge on any atom is 0.257 e. The van der Waals surface area contributed by atoms with Gasteiger partial charge in [0.25, 0.3) is 5.91 Å². The molecule has 3 heterocycles. The predicted octanol–water partition coefficient (Wildman–Crippen LogP) is 0.871. The third-order valence-corrected chi connectivity index (χ3v) is 3.15. The molecule has 0 aromatic carbocycles. The minimum Gasteiger partial charge on any atom is -0.471 e. The van der Waals surface area contributed by atoms with Crippen LogP contribution in [0.4, 0.5) is 0 Å². The zero-order valence-corrected chi connectivity index (χ0v) is 12.1. The van der Waals surface area contributed by atoms with Gasteiger partial charge in [0.05, 0.1) is 19.8 Å². The third-order valence-electron chi connectivity index (χ3n) is 3.15. The van der Waals surface area contributed by atoms with E-state index in [4.69, 9.17) is 13.9 Å². The molecule has 1 saturated heterocycles. The SMILES string of the molecule is Cc1nnc(CNC(=O)c2cccnc2O[C@@H]2CCOC2)o1. The second-order valence-electron chi connectivity index (χ2n) is 4.86. The van der Waals surface area contributed by atoms with Gasteiger partial charge in [-0.25, -0.2) is 4.98 Å². The van der Waals surface area contributed by atoms with Gasteiger partial charge >= 0.3 is 0 Å². The van der Waals surface area contributed by atoms with Crippen molar-refractivity contribution in [2.24, 2.45) is 0 Å². The van der Waals surface area contributed by atoms with Gasteiger partial charge in [0.15, 0.2) is 0 Å². The Morgan fingerprint density at radius 3 is 3.14 bits per heavy atom. The van der Waals surface area contributed by atoms with Gasteiger partial charge in [-0.05, 0) is 12.1 Å². The highest BCUT2D eigenvalue weighted by Crippen LogP contribution is 2.19. The Balaban J connectivity index is 1.66. The summed E-state index contributed by atoms with van der Waals surface area (Å²) in [4.78, 5) is 16.4. The molecule has 8 nitrogen and oxygen atoms in total. The van der Waals surface area contributed by atoms with Crippen molar-refractivity contribution in [2.45, 2.75) is 26.0 Å². The lowest BCUT2D eigenvalue weighted by atomic mass is 10.2. The molecular formula is C14H16N4O4. The van der Waals surface area contributed by atoms with Crippen molar-refractivity contribution in [3.63, 3.8) is 0 Å². The van der Waals surface area contributed by atoms with Gasteiger partial charge in [0.2, 0.25) is 17.7 Å². The molecule has 0 spiro atoms. The van der Waals surface area contributed by atoms with Crippen molar-refractivity contribution >= 4 is 5.91 Å². The summed E-state index contributed by atoms with van der Waals surface area (Å²) >= 11 is 0. The van der Waals surface area contributed by atoms with E-state index in [1.807, 2.05) is 0 Å². The Hall–Kier alpha value is -2.48. The number of carbonyl (C=O) groups is 1. The number of aromatic nitrogens is 3. The summed E-state index contributed by atoms with van der Waals surface area (Å²) in [6, 6.07) is 3.34. The summed E-state index contributed by atoms with van der Waals surface area (Å²) in [6.07, 6.45) is 2.31. The van der Waals surface area contributed by atoms with E-state index in [1.165, 1.54) is 0 Å². The number of amides is 1. The van der Waals surface area contributed by atoms with Crippen LogP contribution in [0.25, 0.3) is 0 Å². The summed E-state index contributed by atoms with van der Waals surface area (Å²) in [6.45, 7) is 3.02. The summed E-state index contributed by atoms with van der Waals surface area (Å²) in [7, 11) is 0. The van der Waals surface area contributed by atoms with Crippen molar-refractivity contribution in [3.8, 4) is 5.88 Å². The summed E-state index contributed by atoms with van der Waals surface area (Å²) in [5, 5.41) is 10.2. The van der Waals surface area contributed by atoms with Crippen LogP contribution in [0.5, 0.6) is 5.88 Å². The Bertz CT molecular complexity index is 652. The van der Waals surface area contributed by atoms with Crippen molar-refractivity contribution < 1.29 is 18.7 Å². The number of nitrogens with zero attached hydrogens (tertiary/aromatic N) is 3. The second kappa shape index (κ2) is 6.52. The molecule has 0 bridgehead atoms. The van der Waals surface area contributed by atoms with Crippen molar-refractivity contribution in [1.29, 1.82) is 0 Å². The van der Waals surface area contributed by atoms with Crippen LogP contribution in [0.15, 0.2) is 22.7 Å². The van der Waals surface area contributed by atoms with Crippen LogP contribution in [0.2, 0.25) is 0 Å². The number of hydrogen-bond acceptors (Lipinski definition) is 7. The fourth-order valence-corrected chi connectivity index (χ4v) is 2.08. The first-order valence-corrected chi connectivity index (χ1v) is 6.99. The zero-order chi connectivity index (χ0) is 15.4. The van der Waals surface area contributed by atoms with Crippen molar-refractivity contribution in [3.05, 3.63) is 35.7 Å². The van der Waals surface area contributed by atoms with Gasteiger partial charge in [-0.2, -0.15) is 0 Å². The van der Waals surface area contributed by atoms with Crippen molar-refractivity contribution in [1.82, 2.24) is 20.5 Å². The van der Waals surface area contributed by atoms with Crippen LogP contribution in [0.1, 0.15) is 28.6 Å². The highest BCUT2D eigenvalue weighted by Gasteiger charge is 2.21. The number of rotatable bonds is 5. The van der Waals surface area contributed by atoms with Gasteiger partial charge in [-0.3, -0.25) is 4.79 Å². The van der Waals surface area contributed by atoms with Crippen molar-refractivity contribution in [2.75, 3.05) is 13.2 Å². The molecule has 2 aromatic rings. The lowest BCUT2D eigenvalue weighted by molar-refractivity contribution is 0.0934. The van der Waals surface area contributed by atoms with E-state index >= 15 is 0 Å². The van der Waals surface area contributed by atoms with Gasteiger partial charge in [-0.1, -0.05) is 0 Å². The molecular weight excluding hydrogens is 288 g/mol. The summed E-state index contributed by atoms with van der Waals surface area (Å²) in [5.74, 6) is 0.798. The van der Waals surface area contributed by atoms with Crippen LogP contribution < -0.4 is 10.1 Å². The molecule has 1 aliphatic heterocycles. The summed E-state index contributed by atoms with van der Waals surface area (Å²) in [5.41, 5.74) is 0.366. The van der Waals surface area contributed by atoms with Crippen LogP contribution in [-0.4, -0.2) is 40.4 Å². The second-order valence-corrected chi connectivity index (χ2v) is 4.86. The third kappa shape index (κ3) is 3.40. The molecule has 1 fully saturated rings. The van der Waals surface area contributed by atoms with E-state index in [0.29, 0.717) is 36.4 Å². The number of aryl methyl sites for hydroxylation is 1. The van der Waals surface area contributed by atoms with E-state index in [-0.39, 0.29) is 18.6 Å². The average Bonchev–Trinajstić information content (AvgIpc) is 3.17. The van der Waals surface area contributed by atoms with Crippen LogP contribution in [-0.2, 0) is 11.3 Å². The minimum absolute atomic E-state index is 0.0694. The molecule has 3 rings (SSSR count). The van der Waals surface area contributed by atoms with E-state index in [1.54, 1.807) is 25.3 Å². The first-order valence-electron chi connectivity index (χ1n) is 6.99. The first kappa shape index (κ1) is 14.5. The number of pyridine rings is 1. The van der Waals surface area contributed by atoms with Crippen LogP contribution in [0.3, 0.4) is 0 Å². The Kier molecular flexibility index (Phi) is 4.29. The predicted molar refractivity (Wildman–Crippen MR) is 74.3 cm³/mol. The molecule has 1 atom stereocenters. The van der Waals surface area contributed by atoms with E-state index in [9.17, 15) is 4.79 Å². The molecule has 116 valence electrons. The molecule has 0 saturated carbocycles. The van der Waals surface area contributed by atoms with E-state index in [0.717, 1.165) is 6.42 Å². The maximum atomic E-state index is 12.3.